The molecule has 72 valence electrons. The molecule has 0 atom stereocenters. The third kappa shape index (κ3) is 1.54. The molecule has 0 spiro atoms. The van der Waals surface area contributed by atoms with Crippen molar-refractivity contribution in [1.29, 1.82) is 0 Å². The summed E-state index contributed by atoms with van der Waals surface area (Å²) in [4.78, 5) is 4.18. The van der Waals surface area contributed by atoms with E-state index in [1.165, 1.54) is 0 Å². The van der Waals surface area contributed by atoms with Crippen molar-refractivity contribution in [3.63, 3.8) is 0 Å². The van der Waals surface area contributed by atoms with Crippen molar-refractivity contribution in [2.45, 2.75) is 13.5 Å². The molecule has 2 rings (SSSR count). The lowest BCUT2D eigenvalue weighted by Gasteiger charge is -2.06. The van der Waals surface area contributed by atoms with Gasteiger partial charge in [0.1, 0.15) is 5.82 Å². The number of benzene rings is 1. The number of nitrogens with zero attached hydrogens (tertiary/aromatic N) is 2. The minimum absolute atomic E-state index is 0.571. The Morgan fingerprint density at radius 3 is 2.93 bits per heavy atom. The molecule has 1 aromatic carbocycles. The molecule has 0 saturated heterocycles. The van der Waals surface area contributed by atoms with E-state index in [1.54, 1.807) is 6.20 Å². The summed E-state index contributed by atoms with van der Waals surface area (Å²) in [5, 5.41) is 0. The second-order valence-electron chi connectivity index (χ2n) is 3.22. The highest BCUT2D eigenvalue weighted by Crippen LogP contribution is 2.11. The van der Waals surface area contributed by atoms with Crippen molar-refractivity contribution >= 4 is 0 Å². The van der Waals surface area contributed by atoms with E-state index in [2.05, 4.69) is 11.1 Å². The lowest BCUT2D eigenvalue weighted by atomic mass is 10.2. The lowest BCUT2D eigenvalue weighted by molar-refractivity contribution is 0.965. The zero-order valence-electron chi connectivity index (χ0n) is 8.14. The van der Waals surface area contributed by atoms with Gasteiger partial charge in [0.05, 0.1) is 0 Å². The maximum Gasteiger partial charge on any atom is 0.110 e. The van der Waals surface area contributed by atoms with Gasteiger partial charge in [-0.25, -0.2) is 4.98 Å². The fourth-order valence-electron chi connectivity index (χ4n) is 1.48. The van der Waals surface area contributed by atoms with Gasteiger partial charge in [-0.1, -0.05) is 12.1 Å². The Balaban J connectivity index is 2.47. The fourth-order valence-corrected chi connectivity index (χ4v) is 1.48. The maximum atomic E-state index is 5.59. The second kappa shape index (κ2) is 3.64. The molecular formula is C11H13N3. The number of rotatable bonds is 2. The molecule has 14 heavy (non-hydrogen) atoms. The zero-order valence-corrected chi connectivity index (χ0v) is 8.14. The summed E-state index contributed by atoms with van der Waals surface area (Å²) in [6.07, 6.45) is 3.75. The summed E-state index contributed by atoms with van der Waals surface area (Å²) in [6.45, 7) is 2.55. The van der Waals surface area contributed by atoms with Crippen LogP contribution in [0.15, 0.2) is 36.7 Å². The quantitative estimate of drug-likeness (QED) is 0.776. The van der Waals surface area contributed by atoms with Gasteiger partial charge in [0.2, 0.25) is 0 Å². The first kappa shape index (κ1) is 8.97. The van der Waals surface area contributed by atoms with Gasteiger partial charge in [-0.05, 0) is 24.6 Å². The number of hydrogen-bond acceptors (Lipinski definition) is 2. The van der Waals surface area contributed by atoms with E-state index in [1.807, 2.05) is 35.9 Å². The first-order valence-electron chi connectivity index (χ1n) is 4.60. The predicted molar refractivity (Wildman–Crippen MR) is 56.2 cm³/mol. The van der Waals surface area contributed by atoms with E-state index in [0.717, 1.165) is 17.1 Å². The summed E-state index contributed by atoms with van der Waals surface area (Å²) in [5.41, 5.74) is 7.83. The number of imidazole rings is 1. The molecule has 3 nitrogen and oxygen atoms in total. The highest BCUT2D eigenvalue weighted by atomic mass is 15.1. The second-order valence-corrected chi connectivity index (χ2v) is 3.22. The van der Waals surface area contributed by atoms with Crippen molar-refractivity contribution < 1.29 is 0 Å². The smallest absolute Gasteiger partial charge is 0.110 e. The standard InChI is InChI=1S/C11H13N3/c1-9-13-5-6-14(9)11-4-2-3-10(7-11)8-12/h2-7H,8,12H2,1H3. The predicted octanol–water partition coefficient (Wildman–Crippen LogP) is 1.64. The molecule has 0 aliphatic carbocycles. The number of nitrogens with two attached hydrogens (primary N) is 1. The maximum absolute atomic E-state index is 5.59. The molecule has 0 fully saturated rings. The van der Waals surface area contributed by atoms with Crippen LogP contribution in [0.5, 0.6) is 0 Å². The molecule has 3 heteroatoms. The van der Waals surface area contributed by atoms with E-state index >= 15 is 0 Å². The van der Waals surface area contributed by atoms with Crippen LogP contribution < -0.4 is 5.73 Å². The minimum atomic E-state index is 0.571. The van der Waals surface area contributed by atoms with Crippen LogP contribution in [0, 0.1) is 6.92 Å². The monoisotopic (exact) mass is 187 g/mol. The van der Waals surface area contributed by atoms with Gasteiger partial charge in [0, 0.05) is 24.6 Å². The lowest BCUT2D eigenvalue weighted by Crippen LogP contribution is -1.99. The Morgan fingerprint density at radius 2 is 2.29 bits per heavy atom. The summed E-state index contributed by atoms with van der Waals surface area (Å²) in [7, 11) is 0. The summed E-state index contributed by atoms with van der Waals surface area (Å²) in [5.74, 6) is 0.985. The average Bonchev–Trinajstić information content (AvgIpc) is 2.65. The topological polar surface area (TPSA) is 43.8 Å². The number of aryl methyl sites for hydroxylation is 1. The van der Waals surface area contributed by atoms with Crippen molar-refractivity contribution in [2.75, 3.05) is 0 Å². The average molecular weight is 187 g/mol. The van der Waals surface area contributed by atoms with Crippen LogP contribution in [-0.4, -0.2) is 9.55 Å². The Labute approximate surface area is 83.2 Å². The molecule has 0 bridgehead atoms. The zero-order chi connectivity index (χ0) is 9.97. The van der Waals surface area contributed by atoms with Gasteiger partial charge < -0.3 is 10.3 Å². The van der Waals surface area contributed by atoms with Gasteiger partial charge in [-0.15, -0.1) is 0 Å². The van der Waals surface area contributed by atoms with Crippen LogP contribution in [0.2, 0.25) is 0 Å². The largest absolute Gasteiger partial charge is 0.326 e. The molecular weight excluding hydrogens is 174 g/mol. The first-order chi connectivity index (χ1) is 6.81. The SMILES string of the molecule is Cc1nccn1-c1cccc(CN)c1. The van der Waals surface area contributed by atoms with Gasteiger partial charge >= 0.3 is 0 Å². The van der Waals surface area contributed by atoms with E-state index in [4.69, 9.17) is 5.73 Å². The Hall–Kier alpha value is -1.61. The third-order valence-corrected chi connectivity index (χ3v) is 2.25. The van der Waals surface area contributed by atoms with Crippen molar-refractivity contribution in [3.8, 4) is 5.69 Å². The molecule has 0 saturated carbocycles. The minimum Gasteiger partial charge on any atom is -0.326 e. The van der Waals surface area contributed by atoms with E-state index in [9.17, 15) is 0 Å². The molecule has 1 heterocycles. The van der Waals surface area contributed by atoms with Crippen LogP contribution in [0.3, 0.4) is 0 Å². The van der Waals surface area contributed by atoms with Crippen molar-refractivity contribution in [3.05, 3.63) is 48.0 Å². The molecule has 2 aromatic rings. The first-order valence-corrected chi connectivity index (χ1v) is 4.60. The van der Waals surface area contributed by atoms with E-state index in [-0.39, 0.29) is 0 Å². The van der Waals surface area contributed by atoms with Crippen LogP contribution in [-0.2, 0) is 6.54 Å². The molecule has 0 aliphatic rings. The molecule has 0 unspecified atom stereocenters. The van der Waals surface area contributed by atoms with E-state index < -0.39 is 0 Å². The van der Waals surface area contributed by atoms with Gasteiger partial charge in [-0.3, -0.25) is 0 Å². The number of aromatic nitrogens is 2. The van der Waals surface area contributed by atoms with Crippen LogP contribution in [0.1, 0.15) is 11.4 Å². The van der Waals surface area contributed by atoms with Gasteiger partial charge in [-0.2, -0.15) is 0 Å². The highest BCUT2D eigenvalue weighted by molar-refractivity contribution is 5.36. The summed E-state index contributed by atoms with van der Waals surface area (Å²) >= 11 is 0. The summed E-state index contributed by atoms with van der Waals surface area (Å²) in [6, 6.07) is 8.16. The normalized spacial score (nSPS) is 10.4. The van der Waals surface area contributed by atoms with Gasteiger partial charge in [0.25, 0.3) is 0 Å². The van der Waals surface area contributed by atoms with E-state index in [0.29, 0.717) is 6.54 Å². The molecule has 0 amide bonds. The molecule has 0 radical (unpaired) electrons. The summed E-state index contributed by atoms with van der Waals surface area (Å²) < 4.78 is 2.04. The Kier molecular flexibility index (Phi) is 2.33. The highest BCUT2D eigenvalue weighted by Gasteiger charge is 1.99. The Bertz CT molecular complexity index is 432. The van der Waals surface area contributed by atoms with Gasteiger partial charge in [0.15, 0.2) is 0 Å². The van der Waals surface area contributed by atoms with Crippen molar-refractivity contribution in [2.24, 2.45) is 5.73 Å². The number of hydrogen-bond donors (Lipinski definition) is 1. The van der Waals surface area contributed by atoms with Crippen LogP contribution >= 0.6 is 0 Å². The molecule has 0 aliphatic heterocycles. The molecule has 2 N–H and O–H groups in total. The molecule has 1 aromatic heterocycles. The van der Waals surface area contributed by atoms with Crippen LogP contribution in [0.25, 0.3) is 5.69 Å². The van der Waals surface area contributed by atoms with Crippen LogP contribution in [0.4, 0.5) is 0 Å². The Morgan fingerprint density at radius 1 is 1.43 bits per heavy atom. The van der Waals surface area contributed by atoms with Crippen molar-refractivity contribution in [1.82, 2.24) is 9.55 Å². The fraction of sp³-hybridized carbons (Fsp3) is 0.182. The third-order valence-electron chi connectivity index (χ3n) is 2.25.